The predicted molar refractivity (Wildman–Crippen MR) is 134 cm³/mol. The van der Waals surface area contributed by atoms with E-state index < -0.39 is 0 Å². The number of likely N-dealkylation sites (tertiary alicyclic amines) is 1. The molecule has 1 unspecified atom stereocenters. The molecule has 0 spiro atoms. The lowest BCUT2D eigenvalue weighted by atomic mass is 10.0. The highest BCUT2D eigenvalue weighted by atomic mass is 19.1. The summed E-state index contributed by atoms with van der Waals surface area (Å²) in [6.45, 7) is 5.13. The number of hydrogen-bond donors (Lipinski definition) is 0. The minimum atomic E-state index is -0.230. The monoisotopic (exact) mass is 455 g/mol. The molecule has 0 N–H and O–H groups in total. The van der Waals surface area contributed by atoms with Crippen LogP contribution in [0.1, 0.15) is 43.0 Å². The van der Waals surface area contributed by atoms with Crippen molar-refractivity contribution in [2.24, 2.45) is 5.92 Å². The fourth-order valence-corrected chi connectivity index (χ4v) is 5.45. The van der Waals surface area contributed by atoms with Gasteiger partial charge in [-0.25, -0.2) is 4.39 Å². The second-order valence-corrected chi connectivity index (χ2v) is 9.86. The summed E-state index contributed by atoms with van der Waals surface area (Å²) >= 11 is 0. The standard InChI is InChI=1S/C29H30FN3O/c1-20-5-4-6-26-27(20)33(29(34)24-11-12-24)28(32(26)19-31-17-2-3-18-31)23-9-7-21(8-10-23)22-13-15-25(30)16-14-22/h4-10,13-16,24,28H,2-3,11-12,17-19H2,1H3. The zero-order valence-corrected chi connectivity index (χ0v) is 19.6. The molecule has 5 heteroatoms. The number of hydrogen-bond acceptors (Lipinski definition) is 3. The van der Waals surface area contributed by atoms with Crippen molar-refractivity contribution in [3.8, 4) is 11.1 Å². The Morgan fingerprint density at radius 1 is 0.912 bits per heavy atom. The van der Waals surface area contributed by atoms with Crippen molar-refractivity contribution in [1.82, 2.24) is 4.90 Å². The second kappa shape index (κ2) is 8.55. The number of para-hydroxylation sites is 1. The quantitative estimate of drug-likeness (QED) is 0.464. The van der Waals surface area contributed by atoms with Crippen molar-refractivity contribution in [2.75, 3.05) is 29.6 Å². The SMILES string of the molecule is Cc1cccc2c1N(C(=O)C1CC1)C(c1ccc(-c3ccc(F)cc3)cc1)N2CN1CCCC1. The fourth-order valence-electron chi connectivity index (χ4n) is 5.45. The van der Waals surface area contributed by atoms with E-state index >= 15 is 0 Å². The number of rotatable bonds is 5. The summed E-state index contributed by atoms with van der Waals surface area (Å²) in [5.74, 6) is 0.151. The Bertz CT molecular complexity index is 1200. The molecule has 2 aliphatic heterocycles. The third kappa shape index (κ3) is 3.78. The average molecular weight is 456 g/mol. The van der Waals surface area contributed by atoms with Gasteiger partial charge in [-0.3, -0.25) is 14.6 Å². The van der Waals surface area contributed by atoms with Crippen LogP contribution in [0.3, 0.4) is 0 Å². The van der Waals surface area contributed by atoms with Gasteiger partial charge < -0.3 is 4.90 Å². The number of carbonyl (C=O) groups excluding carboxylic acids is 1. The molecule has 6 rings (SSSR count). The number of anilines is 2. The average Bonchev–Trinajstić information content (AvgIpc) is 3.48. The van der Waals surface area contributed by atoms with Crippen molar-refractivity contribution >= 4 is 17.3 Å². The van der Waals surface area contributed by atoms with Crippen LogP contribution in [0.15, 0.2) is 66.7 Å². The smallest absolute Gasteiger partial charge is 0.232 e. The molecule has 0 radical (unpaired) electrons. The van der Waals surface area contributed by atoms with E-state index in [-0.39, 0.29) is 23.8 Å². The van der Waals surface area contributed by atoms with Crippen LogP contribution in [0.25, 0.3) is 11.1 Å². The topological polar surface area (TPSA) is 26.8 Å². The second-order valence-electron chi connectivity index (χ2n) is 9.86. The van der Waals surface area contributed by atoms with Gasteiger partial charge in [0.25, 0.3) is 0 Å². The van der Waals surface area contributed by atoms with Crippen LogP contribution < -0.4 is 9.80 Å². The molecule has 1 saturated heterocycles. The third-order valence-corrected chi connectivity index (χ3v) is 7.41. The summed E-state index contributed by atoms with van der Waals surface area (Å²) in [5, 5.41) is 0. The van der Waals surface area contributed by atoms with Crippen molar-refractivity contribution in [3.63, 3.8) is 0 Å². The van der Waals surface area contributed by atoms with Crippen molar-refractivity contribution in [1.29, 1.82) is 0 Å². The van der Waals surface area contributed by atoms with Crippen LogP contribution in [0.5, 0.6) is 0 Å². The van der Waals surface area contributed by atoms with E-state index in [1.54, 1.807) is 0 Å². The molecule has 1 amide bonds. The Balaban J connectivity index is 1.42. The lowest BCUT2D eigenvalue weighted by Crippen LogP contribution is -2.44. The van der Waals surface area contributed by atoms with E-state index in [0.717, 1.165) is 66.2 Å². The molecule has 3 aromatic rings. The lowest BCUT2D eigenvalue weighted by Gasteiger charge is -2.35. The molecule has 1 aliphatic carbocycles. The zero-order valence-electron chi connectivity index (χ0n) is 19.6. The Kier molecular flexibility index (Phi) is 5.37. The van der Waals surface area contributed by atoms with E-state index in [1.807, 2.05) is 12.1 Å². The molecule has 2 fully saturated rings. The van der Waals surface area contributed by atoms with Crippen LogP contribution in [0, 0.1) is 18.7 Å². The van der Waals surface area contributed by atoms with Gasteiger partial charge in [0.05, 0.1) is 18.0 Å². The van der Waals surface area contributed by atoms with Crippen molar-refractivity contribution in [3.05, 3.63) is 83.7 Å². The van der Waals surface area contributed by atoms with E-state index in [0.29, 0.717) is 0 Å². The summed E-state index contributed by atoms with van der Waals surface area (Å²) in [5.41, 5.74) is 6.48. The van der Waals surface area contributed by atoms with Crippen LogP contribution in [-0.4, -0.2) is 30.6 Å². The fraction of sp³-hybridized carbons (Fsp3) is 0.345. The Morgan fingerprint density at radius 3 is 2.21 bits per heavy atom. The van der Waals surface area contributed by atoms with Gasteiger partial charge in [0, 0.05) is 5.92 Å². The van der Waals surface area contributed by atoms with Crippen molar-refractivity contribution in [2.45, 2.75) is 38.8 Å². The summed E-state index contributed by atoms with van der Waals surface area (Å²) in [6, 6.07) is 21.4. The highest BCUT2D eigenvalue weighted by Crippen LogP contribution is 2.50. The molecule has 34 heavy (non-hydrogen) atoms. The predicted octanol–water partition coefficient (Wildman–Crippen LogP) is 6.12. The zero-order chi connectivity index (χ0) is 23.2. The number of halogens is 1. The number of benzene rings is 3. The van der Waals surface area contributed by atoms with Gasteiger partial charge in [-0.1, -0.05) is 48.5 Å². The maximum Gasteiger partial charge on any atom is 0.232 e. The molecule has 3 aliphatic rings. The first-order valence-electron chi connectivity index (χ1n) is 12.4. The van der Waals surface area contributed by atoms with Gasteiger partial charge >= 0.3 is 0 Å². The summed E-state index contributed by atoms with van der Waals surface area (Å²) in [6.07, 6.45) is 4.27. The Labute approximate surface area is 200 Å². The van der Waals surface area contributed by atoms with Gasteiger partial charge in [-0.15, -0.1) is 0 Å². The van der Waals surface area contributed by atoms with Crippen LogP contribution >= 0.6 is 0 Å². The Hall–Kier alpha value is -3.18. The van der Waals surface area contributed by atoms with Gasteiger partial charge in [0.1, 0.15) is 12.0 Å². The number of carbonyl (C=O) groups is 1. The highest BCUT2D eigenvalue weighted by Gasteiger charge is 2.46. The number of amides is 1. The molecule has 0 aromatic heterocycles. The van der Waals surface area contributed by atoms with E-state index in [2.05, 4.69) is 64.1 Å². The first-order valence-corrected chi connectivity index (χ1v) is 12.4. The third-order valence-electron chi connectivity index (χ3n) is 7.41. The summed E-state index contributed by atoms with van der Waals surface area (Å²) in [7, 11) is 0. The lowest BCUT2D eigenvalue weighted by molar-refractivity contribution is -0.120. The molecular weight excluding hydrogens is 425 g/mol. The minimum absolute atomic E-state index is 0.139. The number of nitrogens with zero attached hydrogens (tertiary/aromatic N) is 3. The van der Waals surface area contributed by atoms with E-state index in [4.69, 9.17) is 0 Å². The molecule has 1 atom stereocenters. The van der Waals surface area contributed by atoms with Gasteiger partial charge in [-0.05, 0) is 86.1 Å². The van der Waals surface area contributed by atoms with Gasteiger partial charge in [0.15, 0.2) is 0 Å². The van der Waals surface area contributed by atoms with Gasteiger partial charge in [0.2, 0.25) is 5.91 Å². The molecular formula is C29H30FN3O. The highest BCUT2D eigenvalue weighted by molar-refractivity contribution is 6.04. The molecule has 3 aromatic carbocycles. The molecule has 1 saturated carbocycles. The van der Waals surface area contributed by atoms with Crippen LogP contribution in [0.2, 0.25) is 0 Å². The molecule has 174 valence electrons. The van der Waals surface area contributed by atoms with Crippen LogP contribution in [-0.2, 0) is 4.79 Å². The summed E-state index contributed by atoms with van der Waals surface area (Å²) < 4.78 is 13.4. The van der Waals surface area contributed by atoms with E-state index in [9.17, 15) is 9.18 Å². The Morgan fingerprint density at radius 2 is 1.56 bits per heavy atom. The number of aryl methyl sites for hydroxylation is 1. The normalized spacial score (nSPS) is 20.1. The first kappa shape index (κ1) is 21.4. The molecule has 4 nitrogen and oxygen atoms in total. The first-order chi connectivity index (χ1) is 16.6. The summed E-state index contributed by atoms with van der Waals surface area (Å²) in [4.78, 5) is 20.6. The minimum Gasteiger partial charge on any atom is -0.332 e. The maximum absolute atomic E-state index is 13.7. The van der Waals surface area contributed by atoms with Crippen molar-refractivity contribution < 1.29 is 9.18 Å². The van der Waals surface area contributed by atoms with Crippen LogP contribution in [0.4, 0.5) is 15.8 Å². The molecule has 2 heterocycles. The van der Waals surface area contributed by atoms with E-state index in [1.165, 1.54) is 25.0 Å². The van der Waals surface area contributed by atoms with Gasteiger partial charge in [-0.2, -0.15) is 0 Å². The molecule has 0 bridgehead atoms. The largest absolute Gasteiger partial charge is 0.332 e. The number of fused-ring (bicyclic) bond motifs is 1. The maximum atomic E-state index is 13.7.